The second-order valence-corrected chi connectivity index (χ2v) is 9.11. The summed E-state index contributed by atoms with van der Waals surface area (Å²) >= 11 is 6.00. The fourth-order valence-electron chi connectivity index (χ4n) is 4.76. The predicted molar refractivity (Wildman–Crippen MR) is 142 cm³/mol. The van der Waals surface area contributed by atoms with Crippen LogP contribution in [0, 0.1) is 0 Å². The third-order valence-corrected chi connectivity index (χ3v) is 6.82. The van der Waals surface area contributed by atoms with E-state index in [1.165, 1.54) is 10.8 Å². The van der Waals surface area contributed by atoms with Gasteiger partial charge in [0.25, 0.3) is 0 Å². The highest BCUT2D eigenvalue weighted by Crippen LogP contribution is 2.31. The molecule has 5 aromatic rings. The van der Waals surface area contributed by atoms with Crippen LogP contribution in [0.15, 0.2) is 84.9 Å². The maximum absolute atomic E-state index is 12.2. The molecule has 0 atom stereocenters. The number of carbonyl (C=O) groups excluding carboxylic acids is 3. The Morgan fingerprint density at radius 2 is 1.42 bits per heavy atom. The number of pyridine rings is 1. The fraction of sp³-hybridized carbons (Fsp3) is 0.0323. The van der Waals surface area contributed by atoms with E-state index in [2.05, 4.69) is 29.2 Å². The van der Waals surface area contributed by atoms with E-state index in [0.29, 0.717) is 33.7 Å². The lowest BCUT2D eigenvalue weighted by molar-refractivity contribution is -0.112. The Labute approximate surface area is 211 Å². The van der Waals surface area contributed by atoms with Gasteiger partial charge in [-0.25, -0.2) is 4.98 Å². The molecule has 2 aliphatic carbocycles. The molecule has 1 aromatic heterocycles. The van der Waals surface area contributed by atoms with Crippen LogP contribution in [0.5, 0.6) is 0 Å². The number of nitrogens with zero attached hydrogens (tertiary/aromatic N) is 1. The average Bonchev–Trinajstić information content (AvgIpc) is 2.91. The third kappa shape index (κ3) is 3.63. The van der Waals surface area contributed by atoms with Crippen molar-refractivity contribution in [1.29, 1.82) is 0 Å². The highest BCUT2D eigenvalue weighted by atomic mass is 35.5. The van der Waals surface area contributed by atoms with Crippen LogP contribution in [-0.2, 0) is 4.79 Å². The number of aromatic nitrogens is 1. The summed E-state index contributed by atoms with van der Waals surface area (Å²) in [6.45, 7) is 0. The van der Waals surface area contributed by atoms with E-state index in [0.717, 1.165) is 21.5 Å². The van der Waals surface area contributed by atoms with E-state index in [-0.39, 0.29) is 17.3 Å². The summed E-state index contributed by atoms with van der Waals surface area (Å²) in [6.07, 6.45) is 4.08. The molecule has 0 bridgehead atoms. The number of hydrogen-bond acceptors (Lipinski definition) is 4. The van der Waals surface area contributed by atoms with Gasteiger partial charge >= 0.3 is 0 Å². The number of rotatable bonds is 0. The first kappa shape index (κ1) is 22.1. The van der Waals surface area contributed by atoms with E-state index < -0.39 is 0 Å². The summed E-state index contributed by atoms with van der Waals surface area (Å²) in [5.74, 6) is -0.196. The van der Waals surface area contributed by atoms with Gasteiger partial charge in [0.1, 0.15) is 0 Å². The number of carbonyl (C=O) groups is 3. The van der Waals surface area contributed by atoms with Crippen LogP contribution in [0.25, 0.3) is 33.8 Å². The molecule has 0 N–H and O–H groups in total. The lowest BCUT2D eigenvalue weighted by atomic mass is 9.84. The number of ketones is 3. The Bertz CT molecular complexity index is 1890. The monoisotopic (exact) mass is 487 g/mol. The first-order valence-electron chi connectivity index (χ1n) is 11.5. The van der Waals surface area contributed by atoms with Gasteiger partial charge in [-0.15, -0.1) is 0 Å². The largest absolute Gasteiger partial charge is 0.294 e. The van der Waals surface area contributed by atoms with Crippen molar-refractivity contribution < 1.29 is 14.4 Å². The lowest BCUT2D eigenvalue weighted by Gasteiger charge is -2.17. The molecule has 7 rings (SSSR count). The standard InChI is InChI=1S/C17H11NO.C14H7ClO2/c19-13-7-5-12-9-15-14-4-2-1-3-11(14)6-8-16(15)18-17(12)10-13;15-11-7-3-6-10-12(11)14(17)9-5-2-1-4-8(9)13(10)16/h1-6,8-10H,7H2;1-7H. The van der Waals surface area contributed by atoms with Crippen LogP contribution >= 0.6 is 11.6 Å². The Hall–Kier alpha value is -4.41. The van der Waals surface area contributed by atoms with Crippen molar-refractivity contribution in [3.63, 3.8) is 0 Å². The Kier molecular flexibility index (Phi) is 5.32. The highest BCUT2D eigenvalue weighted by Gasteiger charge is 2.30. The molecular weight excluding hydrogens is 470 g/mol. The maximum atomic E-state index is 12.2. The van der Waals surface area contributed by atoms with E-state index in [9.17, 15) is 14.4 Å². The molecule has 0 radical (unpaired) electrons. The van der Waals surface area contributed by atoms with Crippen molar-refractivity contribution in [2.24, 2.45) is 0 Å². The van der Waals surface area contributed by atoms with Crippen LogP contribution in [0.4, 0.5) is 0 Å². The predicted octanol–water partition coefficient (Wildman–Crippen LogP) is 5.04. The summed E-state index contributed by atoms with van der Waals surface area (Å²) in [5, 5.41) is 5.75. The quantitative estimate of drug-likeness (QED) is 0.282. The van der Waals surface area contributed by atoms with Gasteiger partial charge in [-0.1, -0.05) is 84.4 Å². The lowest BCUT2D eigenvalue weighted by Crippen LogP contribution is -2.32. The molecule has 2 aliphatic rings. The van der Waals surface area contributed by atoms with Crippen molar-refractivity contribution in [3.8, 4) is 0 Å². The molecule has 0 saturated carbocycles. The zero-order chi connectivity index (χ0) is 24.8. The maximum Gasteiger partial charge on any atom is 0.196 e. The highest BCUT2D eigenvalue weighted by molar-refractivity contribution is 6.39. The molecular formula is C31H18ClNO3. The van der Waals surface area contributed by atoms with Crippen LogP contribution in [0.1, 0.15) is 38.3 Å². The zero-order valence-electron chi connectivity index (χ0n) is 19.0. The Morgan fingerprint density at radius 1 is 0.694 bits per heavy atom. The van der Waals surface area contributed by atoms with Crippen molar-refractivity contribution in [3.05, 3.63) is 123 Å². The van der Waals surface area contributed by atoms with Gasteiger partial charge in [0.15, 0.2) is 17.3 Å². The van der Waals surface area contributed by atoms with Crippen molar-refractivity contribution in [2.75, 3.05) is 0 Å². The van der Waals surface area contributed by atoms with Gasteiger partial charge in [0.2, 0.25) is 0 Å². The SMILES string of the molecule is O=C1C=c2nc3ccc4ccccc4c3cc2=CC1.O=C1c2ccccc2C(=O)c2c(Cl)cccc21. The number of halogens is 1. The van der Waals surface area contributed by atoms with Crippen molar-refractivity contribution in [1.82, 2.24) is 4.98 Å². The van der Waals surface area contributed by atoms with E-state index in [1.54, 1.807) is 48.5 Å². The normalized spacial score (nSPS) is 13.6. The topological polar surface area (TPSA) is 64.1 Å². The van der Waals surface area contributed by atoms with Crippen molar-refractivity contribution >= 4 is 62.8 Å². The van der Waals surface area contributed by atoms with E-state index in [4.69, 9.17) is 11.6 Å². The summed E-state index contributed by atoms with van der Waals surface area (Å²) in [6, 6.07) is 26.3. The number of hydrogen-bond donors (Lipinski definition) is 0. The molecule has 0 saturated heterocycles. The van der Waals surface area contributed by atoms with Gasteiger partial charge in [-0.05, 0) is 34.2 Å². The Balaban J connectivity index is 0.000000134. The number of fused-ring (bicyclic) bond motifs is 6. The smallest absolute Gasteiger partial charge is 0.196 e. The van der Waals surface area contributed by atoms with Crippen molar-refractivity contribution in [2.45, 2.75) is 6.42 Å². The zero-order valence-corrected chi connectivity index (χ0v) is 19.8. The van der Waals surface area contributed by atoms with E-state index >= 15 is 0 Å². The van der Waals surface area contributed by atoms with Gasteiger partial charge in [0.05, 0.1) is 21.5 Å². The summed E-state index contributed by atoms with van der Waals surface area (Å²) in [7, 11) is 0. The van der Waals surface area contributed by atoms with Gasteiger partial charge in [0, 0.05) is 34.6 Å². The molecule has 0 unspecified atom stereocenters. The minimum absolute atomic E-state index is 0.125. The minimum atomic E-state index is -0.180. The fourth-order valence-corrected chi connectivity index (χ4v) is 5.02. The first-order valence-corrected chi connectivity index (χ1v) is 11.9. The molecule has 0 spiro atoms. The molecule has 0 amide bonds. The molecule has 1 heterocycles. The van der Waals surface area contributed by atoms with Crippen LogP contribution in [0.2, 0.25) is 5.02 Å². The van der Waals surface area contributed by atoms with Crippen LogP contribution in [0.3, 0.4) is 0 Å². The second kappa shape index (κ2) is 8.67. The van der Waals surface area contributed by atoms with Crippen LogP contribution < -0.4 is 10.6 Å². The van der Waals surface area contributed by atoms with E-state index in [1.807, 2.05) is 24.3 Å². The Morgan fingerprint density at radius 3 is 2.25 bits per heavy atom. The first-order chi connectivity index (χ1) is 17.5. The molecule has 4 aromatic carbocycles. The third-order valence-electron chi connectivity index (χ3n) is 6.51. The van der Waals surface area contributed by atoms with Gasteiger partial charge in [-0.2, -0.15) is 0 Å². The second-order valence-electron chi connectivity index (χ2n) is 8.70. The number of Topliss-reactive ketones (excluding diaryl/α,β-unsaturated/α-hetero) is 1. The molecule has 172 valence electrons. The number of benzene rings is 4. The minimum Gasteiger partial charge on any atom is -0.294 e. The molecule has 36 heavy (non-hydrogen) atoms. The molecule has 0 fully saturated rings. The summed E-state index contributed by atoms with van der Waals surface area (Å²) in [5.41, 5.74) is 2.53. The molecule has 4 nitrogen and oxygen atoms in total. The average molecular weight is 488 g/mol. The molecule has 5 heteroatoms. The molecule has 0 aliphatic heterocycles. The van der Waals surface area contributed by atoms with Gasteiger partial charge < -0.3 is 0 Å². The summed E-state index contributed by atoms with van der Waals surface area (Å²) in [4.78, 5) is 40.5. The summed E-state index contributed by atoms with van der Waals surface area (Å²) < 4.78 is 0. The van der Waals surface area contributed by atoms with Crippen LogP contribution in [-0.4, -0.2) is 22.3 Å². The van der Waals surface area contributed by atoms with Gasteiger partial charge in [-0.3, -0.25) is 14.4 Å².